The maximum absolute atomic E-state index is 5.39. The molecule has 0 aliphatic rings. The standard InChI is InChI=1S/C13H20N2/c1-4-13(15-14)9-11-5-7-12(8-6-11)10(2)3/h4-8,10,13,15H,1,9,14H2,2-3H3/t13-/m0/s1. The molecule has 0 fully saturated rings. The van der Waals surface area contributed by atoms with Crippen LogP contribution in [0.4, 0.5) is 0 Å². The highest BCUT2D eigenvalue weighted by atomic mass is 15.2. The molecule has 0 saturated carbocycles. The van der Waals surface area contributed by atoms with Gasteiger partial charge in [-0.25, -0.2) is 0 Å². The summed E-state index contributed by atoms with van der Waals surface area (Å²) in [6.07, 6.45) is 2.72. The second-order valence-corrected chi connectivity index (χ2v) is 4.11. The van der Waals surface area contributed by atoms with E-state index in [-0.39, 0.29) is 6.04 Å². The summed E-state index contributed by atoms with van der Waals surface area (Å²) in [5.74, 6) is 5.97. The van der Waals surface area contributed by atoms with Crippen molar-refractivity contribution < 1.29 is 0 Å². The van der Waals surface area contributed by atoms with E-state index in [9.17, 15) is 0 Å². The van der Waals surface area contributed by atoms with E-state index in [0.717, 1.165) is 6.42 Å². The second-order valence-electron chi connectivity index (χ2n) is 4.11. The molecule has 0 unspecified atom stereocenters. The Balaban J connectivity index is 2.67. The Morgan fingerprint density at radius 3 is 2.33 bits per heavy atom. The molecule has 0 aliphatic heterocycles. The number of rotatable bonds is 5. The van der Waals surface area contributed by atoms with Gasteiger partial charge in [0.25, 0.3) is 0 Å². The molecule has 1 atom stereocenters. The molecule has 2 heteroatoms. The van der Waals surface area contributed by atoms with Gasteiger partial charge >= 0.3 is 0 Å². The van der Waals surface area contributed by atoms with E-state index in [0.29, 0.717) is 5.92 Å². The predicted octanol–water partition coefficient (Wildman–Crippen LogP) is 2.37. The highest BCUT2D eigenvalue weighted by Crippen LogP contribution is 2.15. The molecule has 0 bridgehead atoms. The van der Waals surface area contributed by atoms with E-state index in [2.05, 4.69) is 50.1 Å². The predicted molar refractivity (Wildman–Crippen MR) is 65.5 cm³/mol. The van der Waals surface area contributed by atoms with Crippen molar-refractivity contribution in [2.75, 3.05) is 0 Å². The molecule has 0 spiro atoms. The summed E-state index contributed by atoms with van der Waals surface area (Å²) in [5.41, 5.74) is 5.37. The third-order valence-electron chi connectivity index (χ3n) is 2.60. The first-order chi connectivity index (χ1) is 7.17. The number of hydrogen-bond donors (Lipinski definition) is 2. The van der Waals surface area contributed by atoms with Crippen molar-refractivity contribution in [1.29, 1.82) is 0 Å². The summed E-state index contributed by atoms with van der Waals surface area (Å²) < 4.78 is 0. The largest absolute Gasteiger partial charge is 0.271 e. The Kier molecular flexibility index (Phi) is 4.53. The van der Waals surface area contributed by atoms with E-state index in [1.165, 1.54) is 11.1 Å². The van der Waals surface area contributed by atoms with Crippen LogP contribution in [0.15, 0.2) is 36.9 Å². The van der Waals surface area contributed by atoms with Crippen molar-refractivity contribution in [2.24, 2.45) is 5.84 Å². The highest BCUT2D eigenvalue weighted by Gasteiger charge is 2.03. The average Bonchev–Trinajstić information content (AvgIpc) is 2.26. The third kappa shape index (κ3) is 3.50. The van der Waals surface area contributed by atoms with Crippen molar-refractivity contribution in [3.8, 4) is 0 Å². The van der Waals surface area contributed by atoms with Crippen molar-refractivity contribution >= 4 is 0 Å². The summed E-state index contributed by atoms with van der Waals surface area (Å²) in [4.78, 5) is 0. The molecule has 0 amide bonds. The van der Waals surface area contributed by atoms with Crippen LogP contribution in [-0.4, -0.2) is 6.04 Å². The molecule has 2 nitrogen and oxygen atoms in total. The molecule has 0 aromatic heterocycles. The molecule has 0 radical (unpaired) electrons. The van der Waals surface area contributed by atoms with Gasteiger partial charge in [0.05, 0.1) is 0 Å². The highest BCUT2D eigenvalue weighted by molar-refractivity contribution is 5.25. The molecular formula is C13H20N2. The van der Waals surface area contributed by atoms with Crippen LogP contribution < -0.4 is 11.3 Å². The topological polar surface area (TPSA) is 38.0 Å². The Labute approximate surface area is 92.2 Å². The van der Waals surface area contributed by atoms with Crippen LogP contribution in [-0.2, 0) is 6.42 Å². The number of hydrazine groups is 1. The fourth-order valence-electron chi connectivity index (χ4n) is 1.50. The monoisotopic (exact) mass is 204 g/mol. The van der Waals surface area contributed by atoms with Gasteiger partial charge in [-0.2, -0.15) is 0 Å². The van der Waals surface area contributed by atoms with E-state index in [1.54, 1.807) is 0 Å². The normalized spacial score (nSPS) is 12.8. The Morgan fingerprint density at radius 2 is 1.93 bits per heavy atom. The molecule has 3 N–H and O–H groups in total. The van der Waals surface area contributed by atoms with Crippen LogP contribution in [0.2, 0.25) is 0 Å². The zero-order valence-electron chi connectivity index (χ0n) is 9.53. The molecule has 15 heavy (non-hydrogen) atoms. The van der Waals surface area contributed by atoms with Crippen molar-refractivity contribution in [2.45, 2.75) is 32.2 Å². The van der Waals surface area contributed by atoms with Crippen LogP contribution >= 0.6 is 0 Å². The summed E-state index contributed by atoms with van der Waals surface area (Å²) in [6.45, 7) is 8.13. The quantitative estimate of drug-likeness (QED) is 0.439. The maximum atomic E-state index is 5.39. The van der Waals surface area contributed by atoms with Crippen LogP contribution in [0.5, 0.6) is 0 Å². The van der Waals surface area contributed by atoms with Crippen molar-refractivity contribution in [3.05, 3.63) is 48.0 Å². The van der Waals surface area contributed by atoms with Gasteiger partial charge in [-0.05, 0) is 23.5 Å². The first-order valence-electron chi connectivity index (χ1n) is 5.35. The summed E-state index contributed by atoms with van der Waals surface area (Å²) in [7, 11) is 0. The lowest BCUT2D eigenvalue weighted by Gasteiger charge is -2.12. The zero-order chi connectivity index (χ0) is 11.3. The van der Waals surface area contributed by atoms with Gasteiger partial charge < -0.3 is 0 Å². The van der Waals surface area contributed by atoms with E-state index in [4.69, 9.17) is 5.84 Å². The van der Waals surface area contributed by atoms with E-state index < -0.39 is 0 Å². The van der Waals surface area contributed by atoms with Crippen molar-refractivity contribution in [1.82, 2.24) is 5.43 Å². The van der Waals surface area contributed by atoms with Gasteiger partial charge in [0.1, 0.15) is 0 Å². The molecule has 1 aromatic rings. The lowest BCUT2D eigenvalue weighted by molar-refractivity contribution is 0.618. The number of hydrogen-bond acceptors (Lipinski definition) is 2. The summed E-state index contributed by atoms with van der Waals surface area (Å²) >= 11 is 0. The Hall–Kier alpha value is -1.12. The molecule has 1 rings (SSSR count). The van der Waals surface area contributed by atoms with Crippen molar-refractivity contribution in [3.63, 3.8) is 0 Å². The fraction of sp³-hybridized carbons (Fsp3) is 0.385. The smallest absolute Gasteiger partial charge is 0.0428 e. The number of nitrogens with one attached hydrogen (secondary N) is 1. The average molecular weight is 204 g/mol. The fourth-order valence-corrected chi connectivity index (χ4v) is 1.50. The minimum Gasteiger partial charge on any atom is -0.271 e. The minimum absolute atomic E-state index is 0.148. The van der Waals surface area contributed by atoms with Gasteiger partial charge in [-0.15, -0.1) is 6.58 Å². The lowest BCUT2D eigenvalue weighted by Crippen LogP contribution is -2.34. The van der Waals surface area contributed by atoms with Crippen LogP contribution in [0.1, 0.15) is 30.9 Å². The summed E-state index contributed by atoms with van der Waals surface area (Å²) in [6, 6.07) is 8.81. The number of nitrogens with two attached hydrogens (primary N) is 1. The Bertz CT molecular complexity index is 301. The first-order valence-corrected chi connectivity index (χ1v) is 5.35. The Morgan fingerprint density at radius 1 is 1.33 bits per heavy atom. The SMILES string of the molecule is C=C[C@@H](Cc1ccc(C(C)C)cc1)NN. The lowest BCUT2D eigenvalue weighted by atomic mass is 9.99. The molecule has 0 aliphatic carbocycles. The maximum Gasteiger partial charge on any atom is 0.0428 e. The van der Waals surface area contributed by atoms with Gasteiger partial charge in [0, 0.05) is 6.04 Å². The van der Waals surface area contributed by atoms with E-state index >= 15 is 0 Å². The molecule has 0 heterocycles. The third-order valence-corrected chi connectivity index (χ3v) is 2.60. The number of benzene rings is 1. The molecule has 82 valence electrons. The first kappa shape index (κ1) is 12.0. The summed E-state index contributed by atoms with van der Waals surface area (Å²) in [5, 5.41) is 0. The minimum atomic E-state index is 0.148. The van der Waals surface area contributed by atoms with Crippen LogP contribution in [0.3, 0.4) is 0 Å². The van der Waals surface area contributed by atoms with Gasteiger partial charge in [0.15, 0.2) is 0 Å². The molecular weight excluding hydrogens is 184 g/mol. The molecule has 0 saturated heterocycles. The molecule has 1 aromatic carbocycles. The zero-order valence-corrected chi connectivity index (χ0v) is 9.53. The van der Waals surface area contributed by atoms with Gasteiger partial charge in [-0.1, -0.05) is 44.2 Å². The second kappa shape index (κ2) is 5.69. The van der Waals surface area contributed by atoms with Gasteiger partial charge in [-0.3, -0.25) is 11.3 Å². The van der Waals surface area contributed by atoms with Crippen LogP contribution in [0.25, 0.3) is 0 Å². The van der Waals surface area contributed by atoms with Gasteiger partial charge in [0.2, 0.25) is 0 Å². The van der Waals surface area contributed by atoms with Crippen LogP contribution in [0, 0.1) is 0 Å². The van der Waals surface area contributed by atoms with E-state index in [1.807, 2.05) is 6.08 Å².